The number of anilines is 1. The summed E-state index contributed by atoms with van der Waals surface area (Å²) in [5.41, 5.74) is -1.53. The van der Waals surface area contributed by atoms with Gasteiger partial charge in [-0.1, -0.05) is 11.6 Å². The van der Waals surface area contributed by atoms with Gasteiger partial charge in [-0.05, 0) is 86.9 Å². The van der Waals surface area contributed by atoms with Gasteiger partial charge in [0.15, 0.2) is 21.5 Å². The van der Waals surface area contributed by atoms with Crippen molar-refractivity contribution in [1.82, 2.24) is 4.98 Å². The second kappa shape index (κ2) is 10.4. The molecule has 1 aromatic heterocycles. The number of nitrogens with zero attached hydrogens (tertiary/aromatic N) is 1. The summed E-state index contributed by atoms with van der Waals surface area (Å²) in [6.07, 6.45) is -0.397. The molecule has 5 atom stereocenters. The smallest absolute Gasteiger partial charge is 0.255 e. The maximum Gasteiger partial charge on any atom is 0.255 e. The fourth-order valence-electron chi connectivity index (χ4n) is 6.01. The molecule has 0 aliphatic heterocycles. The van der Waals surface area contributed by atoms with Crippen LogP contribution in [0.2, 0.25) is 5.02 Å². The summed E-state index contributed by atoms with van der Waals surface area (Å²) >= 11 is 6.28. The summed E-state index contributed by atoms with van der Waals surface area (Å²) in [5.74, 6) is -4.68. The Balaban J connectivity index is 1.39. The number of benzene rings is 2. The average Bonchev–Trinajstić information content (AvgIpc) is 3.07. The first kappa shape index (κ1) is 28.5. The third-order valence-electron chi connectivity index (χ3n) is 8.14. The number of hydrogen-bond acceptors (Lipinski definition) is 6. The Morgan fingerprint density at radius 1 is 1.02 bits per heavy atom. The molecule has 3 aromatic rings. The van der Waals surface area contributed by atoms with Gasteiger partial charge in [-0.2, -0.15) is 0 Å². The summed E-state index contributed by atoms with van der Waals surface area (Å²) in [7, 11) is -4.09. The second-order valence-electron chi connectivity index (χ2n) is 10.4. The van der Waals surface area contributed by atoms with E-state index in [2.05, 4.69) is 10.3 Å². The first-order chi connectivity index (χ1) is 18.8. The van der Waals surface area contributed by atoms with Crippen molar-refractivity contribution in [3.05, 3.63) is 88.0 Å². The molecule has 2 fully saturated rings. The lowest BCUT2D eigenvalue weighted by molar-refractivity contribution is -0.145. The highest BCUT2D eigenvalue weighted by atomic mass is 35.5. The Hall–Kier alpha value is -2.99. The van der Waals surface area contributed by atoms with Crippen molar-refractivity contribution in [2.45, 2.75) is 54.5 Å². The van der Waals surface area contributed by atoms with E-state index in [4.69, 9.17) is 11.6 Å². The van der Waals surface area contributed by atoms with Crippen molar-refractivity contribution in [1.29, 1.82) is 0 Å². The van der Waals surface area contributed by atoms with Crippen LogP contribution >= 0.6 is 11.6 Å². The van der Waals surface area contributed by atoms with Crippen LogP contribution in [0.3, 0.4) is 0 Å². The van der Waals surface area contributed by atoms with E-state index in [1.54, 1.807) is 0 Å². The normalized spacial score (nSPS) is 25.0. The minimum absolute atomic E-state index is 0.0178. The number of aliphatic hydroxyl groups is 2. The van der Waals surface area contributed by atoms with Crippen LogP contribution in [-0.2, 0) is 9.84 Å². The molecule has 2 aromatic carbocycles. The molecule has 0 radical (unpaired) electrons. The first-order valence-corrected chi connectivity index (χ1v) is 14.6. The molecule has 1 amide bonds. The zero-order valence-corrected chi connectivity index (χ0v) is 22.8. The molecule has 0 spiro atoms. The van der Waals surface area contributed by atoms with Crippen LogP contribution in [0.5, 0.6) is 0 Å². The summed E-state index contributed by atoms with van der Waals surface area (Å²) in [6.45, 7) is 1.45. The van der Waals surface area contributed by atoms with Crippen LogP contribution in [0.15, 0.2) is 53.4 Å². The first-order valence-electron chi connectivity index (χ1n) is 12.7. The number of nitrogens with one attached hydrogen (secondary N) is 1. The maximum absolute atomic E-state index is 13.8. The van der Waals surface area contributed by atoms with E-state index >= 15 is 0 Å². The van der Waals surface area contributed by atoms with Gasteiger partial charge in [-0.15, -0.1) is 0 Å². The van der Waals surface area contributed by atoms with Crippen molar-refractivity contribution in [2.75, 3.05) is 5.32 Å². The number of carbonyl (C=O) groups excluding carboxylic acids is 1. The molecule has 4 unspecified atom stereocenters. The number of pyridine rings is 1. The van der Waals surface area contributed by atoms with E-state index in [1.807, 2.05) is 0 Å². The second-order valence-corrected chi connectivity index (χ2v) is 13.0. The highest BCUT2D eigenvalue weighted by Crippen LogP contribution is 2.56. The lowest BCUT2D eigenvalue weighted by Crippen LogP contribution is -2.52. The number of rotatable bonds is 6. The van der Waals surface area contributed by atoms with E-state index in [-0.39, 0.29) is 45.4 Å². The van der Waals surface area contributed by atoms with Crippen molar-refractivity contribution in [3.63, 3.8) is 0 Å². The van der Waals surface area contributed by atoms with Gasteiger partial charge in [-0.25, -0.2) is 21.6 Å². The van der Waals surface area contributed by atoms with E-state index in [0.717, 1.165) is 18.2 Å². The van der Waals surface area contributed by atoms with Gasteiger partial charge in [-0.3, -0.25) is 9.78 Å². The highest BCUT2D eigenvalue weighted by Gasteiger charge is 2.59. The fraction of sp³-hybridized carbons (Fsp3) is 0.357. The van der Waals surface area contributed by atoms with Crippen LogP contribution < -0.4 is 5.32 Å². The molecule has 2 aliphatic carbocycles. The summed E-state index contributed by atoms with van der Waals surface area (Å²) in [6, 6.07) is 9.02. The number of sulfone groups is 1. The third-order valence-corrected chi connectivity index (χ3v) is 10.8. The predicted octanol–water partition coefficient (Wildman–Crippen LogP) is 5.14. The fourth-order valence-corrected chi connectivity index (χ4v) is 8.42. The molecule has 1 heterocycles. The molecule has 0 saturated heterocycles. The van der Waals surface area contributed by atoms with Crippen molar-refractivity contribution in [3.8, 4) is 0 Å². The zero-order chi connectivity index (χ0) is 29.0. The van der Waals surface area contributed by atoms with Crippen molar-refractivity contribution < 1.29 is 36.6 Å². The molecule has 2 saturated carbocycles. The molecule has 3 N–H and O–H groups in total. The van der Waals surface area contributed by atoms with Gasteiger partial charge in [0.05, 0.1) is 26.6 Å². The Kier molecular flexibility index (Phi) is 7.45. The van der Waals surface area contributed by atoms with Crippen molar-refractivity contribution in [2.24, 2.45) is 11.8 Å². The number of hydrogen-bond donors (Lipinski definition) is 3. The van der Waals surface area contributed by atoms with Crippen LogP contribution in [-0.4, -0.2) is 40.4 Å². The summed E-state index contributed by atoms with van der Waals surface area (Å²) in [4.78, 5) is 16.6. The van der Waals surface area contributed by atoms with E-state index in [0.29, 0.717) is 12.8 Å². The quantitative estimate of drug-likeness (QED) is 0.364. The average molecular weight is 595 g/mol. The summed E-state index contributed by atoms with van der Waals surface area (Å²) < 4.78 is 68.0. The molecular formula is C28H26ClF3N2O5S. The molecule has 7 nitrogen and oxygen atoms in total. The molecular weight excluding hydrogens is 569 g/mol. The number of aromatic nitrogens is 1. The standard InChI is InChI=1S/C28H26ClF3N2O5S/c1-14-21(30)8-9-24(33-14)26(35)28(37)16-3-4-17(28)12-19(11-16)40(38,39)25-10-15(2-6-20(25)29)27(36)34-18-5-7-22(31)23(32)13-18/h2,5-10,13,16-17,19,26,35,37H,3-4,11-12H2,1H3,(H,34,36)/t16-,17?,19?,26?,28?/m0/s1. The van der Waals surface area contributed by atoms with Crippen LogP contribution in [0.25, 0.3) is 0 Å². The Morgan fingerprint density at radius 2 is 1.68 bits per heavy atom. The number of aliphatic hydroxyl groups excluding tert-OH is 1. The molecule has 40 heavy (non-hydrogen) atoms. The lowest BCUT2D eigenvalue weighted by atomic mass is 9.70. The SMILES string of the molecule is Cc1nc(C(O)C2(O)C3CC[C@H]2CC(S(=O)(=O)c2cc(C(=O)Nc4ccc(F)c(F)c4)ccc2Cl)C3)ccc1F. The van der Waals surface area contributed by atoms with E-state index in [1.165, 1.54) is 37.3 Å². The lowest BCUT2D eigenvalue weighted by Gasteiger charge is -2.45. The van der Waals surface area contributed by atoms with Crippen LogP contribution in [0, 0.1) is 36.2 Å². The summed E-state index contributed by atoms with van der Waals surface area (Å²) in [5, 5.41) is 24.1. The van der Waals surface area contributed by atoms with Gasteiger partial charge in [0.25, 0.3) is 5.91 Å². The number of aryl methyl sites for hydroxylation is 1. The monoisotopic (exact) mass is 594 g/mol. The van der Waals surface area contributed by atoms with Gasteiger partial charge >= 0.3 is 0 Å². The number of carbonyl (C=O) groups is 1. The van der Waals surface area contributed by atoms with Crippen LogP contribution in [0.4, 0.5) is 18.9 Å². The minimum atomic E-state index is -4.09. The molecule has 212 valence electrons. The van der Waals surface area contributed by atoms with Gasteiger partial charge in [0, 0.05) is 17.3 Å². The Morgan fingerprint density at radius 3 is 2.30 bits per heavy atom. The maximum atomic E-state index is 13.8. The third kappa shape index (κ3) is 4.89. The van der Waals surface area contributed by atoms with E-state index in [9.17, 15) is 36.6 Å². The van der Waals surface area contributed by atoms with Crippen LogP contribution in [0.1, 0.15) is 53.5 Å². The Labute approximate surface area is 233 Å². The number of amides is 1. The molecule has 2 bridgehead atoms. The van der Waals surface area contributed by atoms with Gasteiger partial charge in [0.2, 0.25) is 0 Å². The number of halogens is 4. The molecule has 5 rings (SSSR count). The van der Waals surface area contributed by atoms with Gasteiger partial charge < -0.3 is 15.5 Å². The Bertz CT molecular complexity index is 1590. The molecule has 12 heteroatoms. The highest BCUT2D eigenvalue weighted by molar-refractivity contribution is 7.92. The zero-order valence-electron chi connectivity index (χ0n) is 21.2. The largest absolute Gasteiger partial charge is 0.386 e. The van der Waals surface area contributed by atoms with Gasteiger partial charge in [0.1, 0.15) is 17.5 Å². The topological polar surface area (TPSA) is 117 Å². The van der Waals surface area contributed by atoms with Crippen molar-refractivity contribution >= 4 is 33.0 Å². The van der Waals surface area contributed by atoms with E-state index < -0.39 is 62.0 Å². The minimum Gasteiger partial charge on any atom is -0.386 e. The predicted molar refractivity (Wildman–Crippen MR) is 141 cm³/mol. The number of fused-ring (bicyclic) bond motifs is 2. The molecule has 2 aliphatic rings.